The number of β-lactam (4-membered cyclic amide) rings is 1. The van der Waals surface area contributed by atoms with Crippen LogP contribution in [0.4, 0.5) is 0 Å². The van der Waals surface area contributed by atoms with Crippen molar-refractivity contribution < 1.29 is 23.1 Å². The Hall–Kier alpha value is -0.900. The third-order valence-corrected chi connectivity index (χ3v) is 4.06. The van der Waals surface area contributed by atoms with Crippen LogP contribution in [0, 0.1) is 0 Å². The van der Waals surface area contributed by atoms with Gasteiger partial charge >= 0.3 is 5.97 Å². The molecule has 0 radical (unpaired) electrons. The van der Waals surface area contributed by atoms with Crippen molar-refractivity contribution in [3.8, 4) is 0 Å². The van der Waals surface area contributed by atoms with Crippen molar-refractivity contribution in [1.29, 1.82) is 0 Å². The normalized spacial score (nSPS) is 27.6. The first-order valence-electron chi connectivity index (χ1n) is 4.62. The van der Waals surface area contributed by atoms with Crippen LogP contribution in [0.5, 0.6) is 0 Å². The lowest BCUT2D eigenvalue weighted by Gasteiger charge is -2.47. The fraction of sp³-hybridized carbons (Fsp3) is 0.500. The van der Waals surface area contributed by atoms with Gasteiger partial charge in [0.1, 0.15) is 11.4 Å². The Bertz CT molecular complexity index is 399. The summed E-state index contributed by atoms with van der Waals surface area (Å²) in [4.78, 5) is 23.8. The van der Waals surface area contributed by atoms with Gasteiger partial charge in [-0.05, 0) is 0 Å². The van der Waals surface area contributed by atoms with Gasteiger partial charge < -0.3 is 15.0 Å². The van der Waals surface area contributed by atoms with E-state index in [1.165, 1.54) is 18.9 Å². The molecule has 0 aromatic rings. The van der Waals surface area contributed by atoms with E-state index in [9.17, 15) is 9.59 Å². The maximum absolute atomic E-state index is 11.5. The number of rotatable bonds is 4. The molecule has 9 heteroatoms. The number of carbonyl (C=O) groups is 2. The largest absolute Gasteiger partial charge is 0.476 e. The van der Waals surface area contributed by atoms with E-state index in [-0.39, 0.29) is 16.8 Å². The van der Waals surface area contributed by atoms with Crippen molar-refractivity contribution in [2.75, 3.05) is 12.9 Å². The average Bonchev–Trinajstić information content (AvgIpc) is 2.33. The summed E-state index contributed by atoms with van der Waals surface area (Å²) < 4.78 is 9.71. The molecule has 2 rings (SSSR count). The SMILES string of the molecule is COSOC1=C(C(=O)O)N2C(=O)C(N)C2SC1. The predicted molar refractivity (Wildman–Crippen MR) is 61.4 cm³/mol. The Morgan fingerprint density at radius 2 is 2.41 bits per heavy atom. The van der Waals surface area contributed by atoms with Crippen LogP contribution in [-0.4, -0.2) is 46.2 Å². The van der Waals surface area contributed by atoms with Gasteiger partial charge in [0.25, 0.3) is 0 Å². The van der Waals surface area contributed by atoms with Crippen LogP contribution in [0.1, 0.15) is 0 Å². The molecule has 2 aliphatic rings. The second-order valence-corrected chi connectivity index (χ2v) is 5.07. The summed E-state index contributed by atoms with van der Waals surface area (Å²) in [6.07, 6.45) is 0. The van der Waals surface area contributed by atoms with Crippen molar-refractivity contribution in [3.63, 3.8) is 0 Å². The van der Waals surface area contributed by atoms with Crippen LogP contribution < -0.4 is 5.73 Å². The Morgan fingerprint density at radius 1 is 1.71 bits per heavy atom. The summed E-state index contributed by atoms with van der Waals surface area (Å²) in [5.74, 6) is -1.06. The molecule has 2 atom stereocenters. The minimum absolute atomic E-state index is 0.148. The quantitative estimate of drug-likeness (QED) is 0.536. The van der Waals surface area contributed by atoms with E-state index in [1.807, 2.05) is 0 Å². The zero-order valence-corrected chi connectivity index (χ0v) is 10.4. The summed E-state index contributed by atoms with van der Waals surface area (Å²) in [7, 11) is 1.40. The van der Waals surface area contributed by atoms with Crippen LogP contribution in [0.3, 0.4) is 0 Å². The average molecular weight is 278 g/mol. The van der Waals surface area contributed by atoms with E-state index >= 15 is 0 Å². The first kappa shape index (κ1) is 12.6. The highest BCUT2D eigenvalue weighted by Crippen LogP contribution is 2.40. The monoisotopic (exact) mass is 278 g/mol. The van der Waals surface area contributed by atoms with E-state index in [2.05, 4.69) is 4.18 Å². The number of fused-ring (bicyclic) bond motifs is 1. The first-order chi connectivity index (χ1) is 8.07. The number of thioether (sulfide) groups is 1. The van der Waals surface area contributed by atoms with Gasteiger partial charge in [-0.2, -0.15) is 0 Å². The van der Waals surface area contributed by atoms with Gasteiger partial charge in [0.15, 0.2) is 11.5 Å². The van der Waals surface area contributed by atoms with Gasteiger partial charge in [-0.25, -0.2) is 4.79 Å². The number of hydrogen-bond donors (Lipinski definition) is 2. The zero-order chi connectivity index (χ0) is 12.6. The number of hydrogen-bond acceptors (Lipinski definition) is 7. The highest BCUT2D eigenvalue weighted by molar-refractivity contribution is 8.00. The summed E-state index contributed by atoms with van der Waals surface area (Å²) in [6, 6.07) is -0.633. The van der Waals surface area contributed by atoms with Crippen LogP contribution in [0.2, 0.25) is 0 Å². The van der Waals surface area contributed by atoms with Gasteiger partial charge in [0.2, 0.25) is 18.2 Å². The van der Waals surface area contributed by atoms with E-state index < -0.39 is 17.9 Å². The third kappa shape index (κ3) is 1.99. The van der Waals surface area contributed by atoms with E-state index in [0.29, 0.717) is 18.1 Å². The summed E-state index contributed by atoms with van der Waals surface area (Å²) in [5, 5.41) is 8.79. The van der Waals surface area contributed by atoms with Gasteiger partial charge in [-0.3, -0.25) is 13.9 Å². The Morgan fingerprint density at radius 3 is 3.00 bits per heavy atom. The molecule has 1 fully saturated rings. The molecule has 0 saturated carbocycles. The Kier molecular flexibility index (Phi) is 3.52. The summed E-state index contributed by atoms with van der Waals surface area (Å²) >= 11 is 2.03. The molecule has 0 aromatic heterocycles. The van der Waals surface area contributed by atoms with Crippen LogP contribution in [-0.2, 0) is 18.0 Å². The molecule has 0 aliphatic carbocycles. The molecule has 94 valence electrons. The molecular weight excluding hydrogens is 268 g/mol. The number of carboxylic acid groups (broad SMARTS) is 1. The molecule has 1 amide bonds. The fourth-order valence-electron chi connectivity index (χ4n) is 1.63. The van der Waals surface area contributed by atoms with Gasteiger partial charge in [-0.15, -0.1) is 11.8 Å². The lowest BCUT2D eigenvalue weighted by molar-refractivity contribution is -0.148. The van der Waals surface area contributed by atoms with Crippen molar-refractivity contribution in [2.45, 2.75) is 11.4 Å². The molecule has 2 aliphatic heterocycles. The smallest absolute Gasteiger partial charge is 0.356 e. The number of carboxylic acids is 1. The van der Waals surface area contributed by atoms with Gasteiger partial charge in [0.05, 0.1) is 12.9 Å². The zero-order valence-electron chi connectivity index (χ0n) is 8.78. The molecule has 0 spiro atoms. The lowest BCUT2D eigenvalue weighted by atomic mass is 10.1. The second kappa shape index (κ2) is 4.77. The molecule has 1 saturated heterocycles. The summed E-state index contributed by atoms with van der Waals surface area (Å²) in [6.45, 7) is 0. The van der Waals surface area contributed by atoms with E-state index in [0.717, 1.165) is 4.90 Å². The highest BCUT2D eigenvalue weighted by Gasteiger charge is 2.52. The predicted octanol–water partition coefficient (Wildman–Crippen LogP) is -0.249. The number of nitrogens with zero attached hydrogens (tertiary/aromatic N) is 1. The lowest BCUT2D eigenvalue weighted by Crippen LogP contribution is -2.68. The summed E-state index contributed by atoms with van der Waals surface area (Å²) in [5.41, 5.74) is 5.44. The first-order valence-corrected chi connectivity index (χ1v) is 6.33. The number of amides is 1. The molecule has 3 N–H and O–H groups in total. The molecule has 0 bridgehead atoms. The third-order valence-electron chi connectivity index (χ3n) is 2.38. The van der Waals surface area contributed by atoms with Crippen molar-refractivity contribution in [3.05, 3.63) is 11.5 Å². The Labute approximate surface area is 106 Å². The molecule has 7 nitrogen and oxygen atoms in total. The molecule has 2 heterocycles. The maximum atomic E-state index is 11.5. The van der Waals surface area contributed by atoms with Crippen molar-refractivity contribution in [2.24, 2.45) is 5.73 Å². The minimum atomic E-state index is -1.21. The second-order valence-electron chi connectivity index (χ2n) is 3.33. The molecular formula is C8H10N2O5S2. The van der Waals surface area contributed by atoms with Gasteiger partial charge in [0, 0.05) is 0 Å². The number of aliphatic carboxylic acids is 1. The van der Waals surface area contributed by atoms with E-state index in [1.54, 1.807) is 0 Å². The van der Waals surface area contributed by atoms with Crippen LogP contribution in [0.15, 0.2) is 11.5 Å². The van der Waals surface area contributed by atoms with Crippen molar-refractivity contribution in [1.82, 2.24) is 4.90 Å². The van der Waals surface area contributed by atoms with Crippen LogP contribution in [0.25, 0.3) is 0 Å². The van der Waals surface area contributed by atoms with Gasteiger partial charge in [-0.1, -0.05) is 0 Å². The maximum Gasteiger partial charge on any atom is 0.356 e. The molecule has 0 aromatic carbocycles. The molecule has 2 unspecified atom stereocenters. The number of nitrogens with two attached hydrogens (primary N) is 1. The molecule has 17 heavy (non-hydrogen) atoms. The topological polar surface area (TPSA) is 102 Å². The Balaban J connectivity index is 2.26. The minimum Gasteiger partial charge on any atom is -0.476 e. The van der Waals surface area contributed by atoms with Crippen LogP contribution >= 0.6 is 24.1 Å². The standard InChI is InChI=1S/C8H10N2O5S2/c1-14-17-15-3-2-16-7-4(9)6(11)10(7)5(3)8(12)13/h4,7H,2,9H2,1H3,(H,12,13). The fourth-order valence-corrected chi connectivity index (χ4v) is 3.19. The van der Waals surface area contributed by atoms with E-state index in [4.69, 9.17) is 15.0 Å². The van der Waals surface area contributed by atoms with Crippen molar-refractivity contribution >= 4 is 36.0 Å². The number of carbonyl (C=O) groups excluding carboxylic acids is 1. The highest BCUT2D eigenvalue weighted by atomic mass is 32.2.